The molecule has 0 bridgehead atoms. The van der Waals surface area contributed by atoms with Crippen molar-refractivity contribution in [3.63, 3.8) is 0 Å². The van der Waals surface area contributed by atoms with Crippen LogP contribution >= 0.6 is 7.82 Å². The van der Waals surface area contributed by atoms with Gasteiger partial charge in [-0.2, -0.15) is 0 Å². The van der Waals surface area contributed by atoms with Crippen molar-refractivity contribution in [2.45, 2.75) is 117 Å². The van der Waals surface area contributed by atoms with Gasteiger partial charge in [-0.1, -0.05) is 121 Å². The first-order valence-electron chi connectivity index (χ1n) is 13.9. The normalized spacial score (nSPS) is 12.9. The molecule has 1 N–H and O–H groups in total. The van der Waals surface area contributed by atoms with Gasteiger partial charge >= 0.3 is 7.82 Å². The van der Waals surface area contributed by atoms with Crippen LogP contribution in [-0.4, -0.2) is 4.89 Å². The van der Waals surface area contributed by atoms with Crippen molar-refractivity contribution in [3.8, 4) is 11.5 Å². The third-order valence-corrected chi connectivity index (χ3v) is 7.36. The molecule has 0 spiro atoms. The smallest absolute Gasteiger partial charge is 0.395 e. The Kier molecular flexibility index (Phi) is 14.8. The van der Waals surface area contributed by atoms with Gasteiger partial charge in [-0.25, -0.2) is 4.57 Å². The van der Waals surface area contributed by atoms with Gasteiger partial charge < -0.3 is 9.05 Å². The first kappa shape index (κ1) is 29.5. The van der Waals surface area contributed by atoms with E-state index in [9.17, 15) is 9.46 Å². The van der Waals surface area contributed by atoms with Gasteiger partial charge in [0.05, 0.1) is 0 Å². The monoisotopic (exact) mass is 502 g/mol. The first-order chi connectivity index (χ1) is 17.1. The van der Waals surface area contributed by atoms with Crippen molar-refractivity contribution in [1.29, 1.82) is 0 Å². The number of hydrogen-bond acceptors (Lipinski definition) is 3. The number of aryl methyl sites for hydroxylation is 1. The van der Waals surface area contributed by atoms with Crippen LogP contribution in [-0.2, 0) is 17.4 Å². The Balaban J connectivity index is 2.01. The lowest BCUT2D eigenvalue weighted by Crippen LogP contribution is -2.04. The minimum absolute atomic E-state index is 0.325. The number of rotatable bonds is 20. The van der Waals surface area contributed by atoms with E-state index in [1.165, 1.54) is 82.6 Å². The average molecular weight is 503 g/mol. The Hall–Kier alpha value is -1.77. The predicted octanol–water partition coefficient (Wildman–Crippen LogP) is 9.83. The van der Waals surface area contributed by atoms with Crippen LogP contribution in [0.1, 0.15) is 115 Å². The summed E-state index contributed by atoms with van der Waals surface area (Å²) in [6.45, 7) is 4.49. The van der Waals surface area contributed by atoms with E-state index >= 15 is 0 Å². The van der Waals surface area contributed by atoms with Gasteiger partial charge in [0.2, 0.25) is 0 Å². The third kappa shape index (κ3) is 12.7. The van der Waals surface area contributed by atoms with Gasteiger partial charge in [-0.3, -0.25) is 4.89 Å². The zero-order chi connectivity index (χ0) is 25.2. The summed E-state index contributed by atoms with van der Waals surface area (Å²) in [6, 6.07) is 14.6. The summed E-state index contributed by atoms with van der Waals surface area (Å²) < 4.78 is 23.8. The molecule has 4 nitrogen and oxygen atoms in total. The fraction of sp³-hybridized carbons (Fsp3) is 0.600. The maximum Gasteiger partial charge on any atom is 0.584 e. The third-order valence-electron chi connectivity index (χ3n) is 6.49. The Bertz CT molecular complexity index is 853. The lowest BCUT2D eigenvalue weighted by molar-refractivity contribution is 0.289. The highest BCUT2D eigenvalue weighted by Crippen LogP contribution is 2.46. The van der Waals surface area contributed by atoms with Gasteiger partial charge in [-0.15, -0.1) is 0 Å². The summed E-state index contributed by atoms with van der Waals surface area (Å²) in [5.41, 5.74) is 2.31. The summed E-state index contributed by atoms with van der Waals surface area (Å²) in [4.78, 5) is 10.5. The van der Waals surface area contributed by atoms with Gasteiger partial charge in [0, 0.05) is 0 Å². The Morgan fingerprint density at radius 1 is 0.629 bits per heavy atom. The standard InChI is InChI=1S/C30H47O4P/c1-3-5-7-9-11-13-16-21-27-22-20-26-30(29(27)25-19-14-12-10-8-6-4-2)34-35(31,32)33-28-23-17-15-18-24-28/h15,17-18,20,22-24,26H,3-14,16,19,21,25H2,1-2H3,(H,31,32). The molecular weight excluding hydrogens is 455 g/mol. The largest absolute Gasteiger partial charge is 0.584 e. The molecular formula is C30H47O4P. The van der Waals surface area contributed by atoms with Crippen LogP contribution < -0.4 is 9.05 Å². The quantitative estimate of drug-likeness (QED) is 0.145. The molecule has 0 aliphatic carbocycles. The van der Waals surface area contributed by atoms with E-state index in [-0.39, 0.29) is 0 Å². The molecule has 2 rings (SSSR count). The molecule has 0 aliphatic rings. The second kappa shape index (κ2) is 17.6. The highest BCUT2D eigenvalue weighted by atomic mass is 31.2. The van der Waals surface area contributed by atoms with Crippen molar-refractivity contribution in [2.75, 3.05) is 0 Å². The molecule has 35 heavy (non-hydrogen) atoms. The van der Waals surface area contributed by atoms with Crippen LogP contribution in [0.5, 0.6) is 11.5 Å². The summed E-state index contributed by atoms with van der Waals surface area (Å²) in [5, 5.41) is 0. The molecule has 1 atom stereocenters. The SMILES string of the molecule is CCCCCCCCCc1cccc(OP(=O)(O)Oc2ccccc2)c1CCCCCCCCC. The molecule has 196 valence electrons. The molecule has 0 aliphatic heterocycles. The van der Waals surface area contributed by atoms with E-state index in [1.807, 2.05) is 18.2 Å². The van der Waals surface area contributed by atoms with Crippen molar-refractivity contribution < 1.29 is 18.5 Å². The number of hydrogen-bond donors (Lipinski definition) is 1. The van der Waals surface area contributed by atoms with Gasteiger partial charge in [0.15, 0.2) is 0 Å². The first-order valence-corrected chi connectivity index (χ1v) is 15.4. The zero-order valence-corrected chi connectivity index (χ0v) is 22.9. The Morgan fingerprint density at radius 3 is 1.77 bits per heavy atom. The molecule has 5 heteroatoms. The lowest BCUT2D eigenvalue weighted by atomic mass is 9.95. The molecule has 0 saturated carbocycles. The molecule has 0 fully saturated rings. The molecule has 0 aromatic heterocycles. The number of phosphoric acid groups is 1. The van der Waals surface area contributed by atoms with E-state index in [0.29, 0.717) is 11.5 Å². The van der Waals surface area contributed by atoms with E-state index < -0.39 is 7.82 Å². The van der Waals surface area contributed by atoms with Crippen LogP contribution in [0, 0.1) is 0 Å². The van der Waals surface area contributed by atoms with Gasteiger partial charge in [0.1, 0.15) is 11.5 Å². The summed E-state index contributed by atoms with van der Waals surface area (Å²) in [6.07, 6.45) is 19.4. The number of unbranched alkanes of at least 4 members (excludes halogenated alkanes) is 12. The highest BCUT2D eigenvalue weighted by molar-refractivity contribution is 7.48. The molecule has 2 aromatic carbocycles. The number of para-hydroxylation sites is 1. The predicted molar refractivity (Wildman–Crippen MR) is 147 cm³/mol. The van der Waals surface area contributed by atoms with Crippen LogP contribution in [0.3, 0.4) is 0 Å². The van der Waals surface area contributed by atoms with Gasteiger partial charge in [-0.05, 0) is 55.0 Å². The van der Waals surface area contributed by atoms with Crippen molar-refractivity contribution in [2.24, 2.45) is 0 Å². The molecule has 0 radical (unpaired) electrons. The van der Waals surface area contributed by atoms with Crippen LogP contribution in [0.4, 0.5) is 0 Å². The van der Waals surface area contributed by atoms with Crippen molar-refractivity contribution in [1.82, 2.24) is 0 Å². The molecule has 0 heterocycles. The highest BCUT2D eigenvalue weighted by Gasteiger charge is 2.27. The van der Waals surface area contributed by atoms with Crippen molar-refractivity contribution in [3.05, 3.63) is 59.7 Å². The Morgan fingerprint density at radius 2 is 1.17 bits per heavy atom. The van der Waals surface area contributed by atoms with Gasteiger partial charge in [0.25, 0.3) is 0 Å². The summed E-state index contributed by atoms with van der Waals surface area (Å²) >= 11 is 0. The molecule has 0 saturated heterocycles. The van der Waals surface area contributed by atoms with E-state index in [0.717, 1.165) is 31.2 Å². The number of phosphoric ester groups is 1. The Labute approximate surface area is 214 Å². The topological polar surface area (TPSA) is 55.8 Å². The fourth-order valence-electron chi connectivity index (χ4n) is 4.50. The summed E-state index contributed by atoms with van der Waals surface area (Å²) in [7, 11) is -4.29. The second-order valence-electron chi connectivity index (χ2n) is 9.60. The molecule has 1 unspecified atom stereocenters. The molecule has 0 amide bonds. The minimum atomic E-state index is -4.29. The fourth-order valence-corrected chi connectivity index (χ4v) is 5.35. The zero-order valence-electron chi connectivity index (χ0n) is 22.1. The lowest BCUT2D eigenvalue weighted by Gasteiger charge is -2.19. The van der Waals surface area contributed by atoms with Crippen molar-refractivity contribution >= 4 is 7.82 Å². The van der Waals surface area contributed by atoms with Crippen LogP contribution in [0.25, 0.3) is 0 Å². The summed E-state index contributed by atoms with van der Waals surface area (Å²) in [5.74, 6) is 0.810. The number of benzene rings is 2. The minimum Gasteiger partial charge on any atom is -0.395 e. The van der Waals surface area contributed by atoms with E-state index in [2.05, 4.69) is 19.9 Å². The molecule has 2 aromatic rings. The van der Waals surface area contributed by atoms with E-state index in [1.54, 1.807) is 24.3 Å². The van der Waals surface area contributed by atoms with E-state index in [4.69, 9.17) is 9.05 Å². The maximum atomic E-state index is 12.8. The average Bonchev–Trinajstić information content (AvgIpc) is 2.84. The second-order valence-corrected chi connectivity index (χ2v) is 10.9. The van der Waals surface area contributed by atoms with Crippen LogP contribution in [0.2, 0.25) is 0 Å². The maximum absolute atomic E-state index is 12.8. The van der Waals surface area contributed by atoms with Crippen LogP contribution in [0.15, 0.2) is 48.5 Å².